The van der Waals surface area contributed by atoms with Crippen molar-refractivity contribution in [1.82, 2.24) is 0 Å². The highest BCUT2D eigenvalue weighted by Crippen LogP contribution is 2.25. The maximum atomic E-state index is 12.1. The Morgan fingerprint density at radius 2 is 1.44 bits per heavy atom. The lowest BCUT2D eigenvalue weighted by Gasteiger charge is -2.10. The van der Waals surface area contributed by atoms with Crippen molar-refractivity contribution in [2.75, 3.05) is 33.3 Å². The molecule has 2 aromatic carbocycles. The molecule has 1 amide bonds. The van der Waals surface area contributed by atoms with Crippen LogP contribution in [0.25, 0.3) is 0 Å². The van der Waals surface area contributed by atoms with E-state index in [0.717, 1.165) is 0 Å². The van der Waals surface area contributed by atoms with Crippen LogP contribution in [0, 0.1) is 0 Å². The number of esters is 2. The summed E-state index contributed by atoms with van der Waals surface area (Å²) in [7, 11) is 4.22. The number of anilines is 1. The molecule has 2 aromatic rings. The highest BCUT2D eigenvalue weighted by molar-refractivity contribution is 5.97. The highest BCUT2D eigenvalue weighted by atomic mass is 16.5. The van der Waals surface area contributed by atoms with Crippen LogP contribution in [0.4, 0.5) is 5.69 Å². The van der Waals surface area contributed by atoms with Gasteiger partial charge in [-0.1, -0.05) is 6.07 Å². The average molecular weight is 373 g/mol. The molecule has 2 rings (SSSR count). The summed E-state index contributed by atoms with van der Waals surface area (Å²) in [4.78, 5) is 35.6. The molecule has 0 aliphatic carbocycles. The summed E-state index contributed by atoms with van der Waals surface area (Å²) in [6.45, 7) is -0.499. The molecule has 0 unspecified atom stereocenters. The van der Waals surface area contributed by atoms with Gasteiger partial charge in [0.25, 0.3) is 5.91 Å². The molecule has 0 fully saturated rings. The molecule has 0 saturated heterocycles. The van der Waals surface area contributed by atoms with Gasteiger partial charge in [-0.25, -0.2) is 9.59 Å². The number of amides is 1. The van der Waals surface area contributed by atoms with Gasteiger partial charge in [0.15, 0.2) is 6.61 Å². The molecule has 0 heterocycles. The first kappa shape index (κ1) is 19.8. The number of benzene rings is 2. The van der Waals surface area contributed by atoms with Crippen LogP contribution in [0.1, 0.15) is 20.7 Å². The zero-order chi connectivity index (χ0) is 19.8. The minimum atomic E-state index is -0.737. The molecule has 0 saturated carbocycles. The number of nitrogens with one attached hydrogen (secondary N) is 1. The molecular weight excluding hydrogens is 354 g/mol. The topological polar surface area (TPSA) is 100 Å². The van der Waals surface area contributed by atoms with Crippen LogP contribution < -0.4 is 14.8 Å². The molecule has 0 atom stereocenters. The molecule has 0 radical (unpaired) electrons. The van der Waals surface area contributed by atoms with Crippen LogP contribution >= 0.6 is 0 Å². The number of methoxy groups -OCH3 is 3. The van der Waals surface area contributed by atoms with E-state index in [2.05, 4.69) is 10.1 Å². The second-order valence-corrected chi connectivity index (χ2v) is 5.30. The molecule has 0 bridgehead atoms. The molecule has 0 aliphatic rings. The van der Waals surface area contributed by atoms with Gasteiger partial charge in [-0.2, -0.15) is 0 Å². The van der Waals surface area contributed by atoms with Gasteiger partial charge in [-0.3, -0.25) is 4.79 Å². The molecule has 0 aromatic heterocycles. The standard InChI is InChI=1S/C19H19NO7/c1-24-15-8-14(9-16(10-15)25-2)20-17(21)11-27-19(23)13-6-4-5-12(7-13)18(22)26-3/h4-10H,11H2,1-3H3,(H,20,21). The number of hydrogen-bond donors (Lipinski definition) is 1. The zero-order valence-corrected chi connectivity index (χ0v) is 15.1. The summed E-state index contributed by atoms with van der Waals surface area (Å²) in [5.74, 6) is -0.848. The van der Waals surface area contributed by atoms with Crippen LogP contribution in [0.5, 0.6) is 11.5 Å². The fourth-order valence-electron chi connectivity index (χ4n) is 2.18. The zero-order valence-electron chi connectivity index (χ0n) is 15.1. The molecule has 8 heteroatoms. The molecule has 0 spiro atoms. The van der Waals surface area contributed by atoms with Gasteiger partial charge in [0, 0.05) is 23.9 Å². The van der Waals surface area contributed by atoms with Crippen LogP contribution in [-0.4, -0.2) is 45.8 Å². The van der Waals surface area contributed by atoms with Crippen molar-refractivity contribution in [2.24, 2.45) is 0 Å². The Hall–Kier alpha value is -3.55. The lowest BCUT2D eigenvalue weighted by molar-refractivity contribution is -0.119. The minimum absolute atomic E-state index is 0.133. The van der Waals surface area contributed by atoms with Crippen LogP contribution in [0.15, 0.2) is 42.5 Å². The maximum absolute atomic E-state index is 12.1. The Kier molecular flexibility index (Phi) is 6.76. The summed E-state index contributed by atoms with van der Waals surface area (Å²) < 4.78 is 19.8. The molecule has 1 N–H and O–H groups in total. The summed E-state index contributed by atoms with van der Waals surface area (Å²) in [5, 5.41) is 2.59. The quantitative estimate of drug-likeness (QED) is 0.743. The fraction of sp³-hybridized carbons (Fsp3) is 0.211. The van der Waals surface area contributed by atoms with Crippen molar-refractivity contribution in [1.29, 1.82) is 0 Å². The molecule has 27 heavy (non-hydrogen) atoms. The van der Waals surface area contributed by atoms with Gasteiger partial charge in [-0.15, -0.1) is 0 Å². The number of ether oxygens (including phenoxy) is 4. The van der Waals surface area contributed by atoms with Crippen molar-refractivity contribution in [3.8, 4) is 11.5 Å². The van der Waals surface area contributed by atoms with E-state index in [0.29, 0.717) is 17.2 Å². The van der Waals surface area contributed by atoms with Crippen molar-refractivity contribution in [3.63, 3.8) is 0 Å². The fourth-order valence-corrected chi connectivity index (χ4v) is 2.18. The SMILES string of the molecule is COC(=O)c1cccc(C(=O)OCC(=O)Nc2cc(OC)cc(OC)c2)c1. The van der Waals surface area contributed by atoms with E-state index in [1.165, 1.54) is 45.6 Å². The van der Waals surface area contributed by atoms with E-state index in [9.17, 15) is 14.4 Å². The molecular formula is C19H19NO7. The van der Waals surface area contributed by atoms with Gasteiger partial charge in [0.05, 0.1) is 32.5 Å². The van der Waals surface area contributed by atoms with E-state index in [-0.39, 0.29) is 11.1 Å². The normalized spacial score (nSPS) is 9.89. The minimum Gasteiger partial charge on any atom is -0.497 e. The van der Waals surface area contributed by atoms with Crippen molar-refractivity contribution >= 4 is 23.5 Å². The monoisotopic (exact) mass is 373 g/mol. The van der Waals surface area contributed by atoms with Gasteiger partial charge < -0.3 is 24.3 Å². The third-order valence-electron chi connectivity index (χ3n) is 3.49. The maximum Gasteiger partial charge on any atom is 0.338 e. The van der Waals surface area contributed by atoms with Gasteiger partial charge >= 0.3 is 11.9 Å². The summed E-state index contributed by atoms with van der Waals surface area (Å²) in [6.07, 6.45) is 0. The largest absolute Gasteiger partial charge is 0.497 e. The third kappa shape index (κ3) is 5.46. The van der Waals surface area contributed by atoms with Crippen LogP contribution in [-0.2, 0) is 14.3 Å². The van der Waals surface area contributed by atoms with E-state index >= 15 is 0 Å². The molecule has 0 aliphatic heterocycles. The van der Waals surface area contributed by atoms with Gasteiger partial charge in [-0.05, 0) is 18.2 Å². The highest BCUT2D eigenvalue weighted by Gasteiger charge is 2.14. The second-order valence-electron chi connectivity index (χ2n) is 5.30. The number of carbonyl (C=O) groups is 3. The average Bonchev–Trinajstić information content (AvgIpc) is 2.70. The first-order valence-corrected chi connectivity index (χ1v) is 7.85. The van der Waals surface area contributed by atoms with Gasteiger partial charge in [0.2, 0.25) is 0 Å². The van der Waals surface area contributed by atoms with E-state index < -0.39 is 24.5 Å². The predicted molar refractivity (Wildman–Crippen MR) is 96.2 cm³/mol. The molecule has 142 valence electrons. The third-order valence-corrected chi connectivity index (χ3v) is 3.49. The van der Waals surface area contributed by atoms with Crippen molar-refractivity contribution < 1.29 is 33.3 Å². The van der Waals surface area contributed by atoms with E-state index in [4.69, 9.17) is 14.2 Å². The summed E-state index contributed by atoms with van der Waals surface area (Å²) >= 11 is 0. The first-order chi connectivity index (χ1) is 13.0. The molecule has 8 nitrogen and oxygen atoms in total. The van der Waals surface area contributed by atoms with Gasteiger partial charge in [0.1, 0.15) is 11.5 Å². The lowest BCUT2D eigenvalue weighted by atomic mass is 10.1. The Bertz CT molecular complexity index is 825. The van der Waals surface area contributed by atoms with Crippen LogP contribution in [0.3, 0.4) is 0 Å². The smallest absolute Gasteiger partial charge is 0.338 e. The lowest BCUT2D eigenvalue weighted by Crippen LogP contribution is -2.21. The van der Waals surface area contributed by atoms with E-state index in [1.807, 2.05) is 0 Å². The number of hydrogen-bond acceptors (Lipinski definition) is 7. The van der Waals surface area contributed by atoms with E-state index in [1.54, 1.807) is 18.2 Å². The van der Waals surface area contributed by atoms with Crippen molar-refractivity contribution in [3.05, 3.63) is 53.6 Å². The summed E-state index contributed by atoms with van der Waals surface area (Å²) in [5.41, 5.74) is 0.772. The number of carbonyl (C=O) groups excluding carboxylic acids is 3. The van der Waals surface area contributed by atoms with Crippen LogP contribution in [0.2, 0.25) is 0 Å². The Morgan fingerprint density at radius 1 is 0.852 bits per heavy atom. The first-order valence-electron chi connectivity index (χ1n) is 7.85. The predicted octanol–water partition coefficient (Wildman–Crippen LogP) is 2.29. The van der Waals surface area contributed by atoms with Crippen molar-refractivity contribution in [2.45, 2.75) is 0 Å². The summed E-state index contributed by atoms with van der Waals surface area (Å²) in [6, 6.07) is 10.7. The second kappa shape index (κ2) is 9.23. The number of rotatable bonds is 7. The Balaban J connectivity index is 1.97. The Morgan fingerprint density at radius 3 is 2.00 bits per heavy atom. The Labute approximate surface area is 156 Å².